The maximum Gasteiger partial charge on any atom is 0.307 e. The number of aryl methyl sites for hydroxylation is 1. The van der Waals surface area contributed by atoms with Crippen molar-refractivity contribution in [3.05, 3.63) is 53.6 Å². The van der Waals surface area contributed by atoms with Gasteiger partial charge in [0, 0.05) is 18.9 Å². The van der Waals surface area contributed by atoms with Crippen LogP contribution >= 0.6 is 0 Å². The van der Waals surface area contributed by atoms with E-state index in [1.165, 1.54) is 16.7 Å². The summed E-state index contributed by atoms with van der Waals surface area (Å²) in [5.41, 5.74) is 3.58. The van der Waals surface area contributed by atoms with Crippen molar-refractivity contribution in [3.63, 3.8) is 0 Å². The van der Waals surface area contributed by atoms with Crippen molar-refractivity contribution in [2.24, 2.45) is 5.92 Å². The number of benzene rings is 1. The maximum atomic E-state index is 10.9. The van der Waals surface area contributed by atoms with E-state index in [1.54, 1.807) is 12.5 Å². The number of carboxylic acids is 1. The first kappa shape index (κ1) is 12.0. The molecule has 1 aromatic heterocycles. The first-order valence-corrected chi connectivity index (χ1v) is 6.43. The van der Waals surface area contributed by atoms with Gasteiger partial charge in [-0.2, -0.15) is 0 Å². The molecule has 19 heavy (non-hydrogen) atoms. The van der Waals surface area contributed by atoms with E-state index in [-0.39, 0.29) is 11.8 Å². The van der Waals surface area contributed by atoms with Crippen molar-refractivity contribution in [2.75, 3.05) is 0 Å². The van der Waals surface area contributed by atoms with E-state index in [0.29, 0.717) is 0 Å². The van der Waals surface area contributed by atoms with Crippen LogP contribution in [0, 0.1) is 12.8 Å². The van der Waals surface area contributed by atoms with Gasteiger partial charge in [0.25, 0.3) is 0 Å². The summed E-state index contributed by atoms with van der Waals surface area (Å²) < 4.78 is 2.02. The molecule has 0 aliphatic heterocycles. The minimum absolute atomic E-state index is 0.182. The Hall–Kier alpha value is -2.10. The molecule has 0 amide bonds. The van der Waals surface area contributed by atoms with Gasteiger partial charge in [-0.3, -0.25) is 4.79 Å². The fraction of sp³-hybridized carbons (Fsp3) is 0.333. The lowest BCUT2D eigenvalue weighted by molar-refractivity contribution is -0.138. The monoisotopic (exact) mass is 256 g/mol. The first-order valence-electron chi connectivity index (χ1n) is 6.43. The third-order valence-electron chi connectivity index (χ3n) is 3.77. The van der Waals surface area contributed by atoms with E-state index in [2.05, 4.69) is 30.1 Å². The predicted molar refractivity (Wildman–Crippen MR) is 71.0 cm³/mol. The third kappa shape index (κ3) is 2.38. The van der Waals surface area contributed by atoms with Gasteiger partial charge >= 0.3 is 5.97 Å². The number of aromatic nitrogens is 2. The molecule has 1 heterocycles. The Morgan fingerprint density at radius 2 is 2.37 bits per heavy atom. The van der Waals surface area contributed by atoms with Crippen LogP contribution in [0.5, 0.6) is 0 Å². The van der Waals surface area contributed by atoms with Crippen molar-refractivity contribution < 1.29 is 9.90 Å². The number of hydrogen-bond donors (Lipinski definition) is 1. The van der Waals surface area contributed by atoms with Crippen LogP contribution in [0.2, 0.25) is 0 Å². The molecule has 0 unspecified atom stereocenters. The van der Waals surface area contributed by atoms with Gasteiger partial charge < -0.3 is 9.67 Å². The van der Waals surface area contributed by atoms with Crippen molar-refractivity contribution in [2.45, 2.75) is 25.8 Å². The summed E-state index contributed by atoms with van der Waals surface area (Å²) in [7, 11) is 0. The Morgan fingerprint density at radius 1 is 1.53 bits per heavy atom. The highest BCUT2D eigenvalue weighted by Crippen LogP contribution is 2.48. The van der Waals surface area contributed by atoms with Crippen LogP contribution in [0.15, 0.2) is 36.9 Å². The molecule has 1 N–H and O–H groups in total. The Morgan fingerprint density at radius 3 is 2.95 bits per heavy atom. The van der Waals surface area contributed by atoms with E-state index in [9.17, 15) is 4.79 Å². The van der Waals surface area contributed by atoms with Crippen LogP contribution in [0.4, 0.5) is 0 Å². The molecular weight excluding hydrogens is 240 g/mol. The second kappa shape index (κ2) is 4.53. The van der Waals surface area contributed by atoms with Crippen LogP contribution in [-0.2, 0) is 11.3 Å². The smallest absolute Gasteiger partial charge is 0.307 e. The molecule has 1 aliphatic carbocycles. The Bertz CT molecular complexity index is 605. The normalized spacial score (nSPS) is 21.3. The lowest BCUT2D eigenvalue weighted by atomic mass is 10.0. The molecule has 98 valence electrons. The summed E-state index contributed by atoms with van der Waals surface area (Å²) in [6.07, 6.45) is 6.27. The molecule has 0 bridgehead atoms. The molecule has 1 saturated carbocycles. The second-order valence-electron chi connectivity index (χ2n) is 5.21. The van der Waals surface area contributed by atoms with Crippen LogP contribution in [-0.4, -0.2) is 20.6 Å². The highest BCUT2D eigenvalue weighted by molar-refractivity contribution is 5.75. The van der Waals surface area contributed by atoms with Gasteiger partial charge in [-0.15, -0.1) is 0 Å². The summed E-state index contributed by atoms with van der Waals surface area (Å²) in [5.74, 6) is -0.648. The SMILES string of the molecule is Cc1cc(Cn2ccnc2)ccc1[C@H]1C[C@@H]1C(=O)O. The number of rotatable bonds is 4. The number of nitrogens with zero attached hydrogens (tertiary/aromatic N) is 2. The second-order valence-corrected chi connectivity index (χ2v) is 5.21. The third-order valence-corrected chi connectivity index (χ3v) is 3.77. The standard InChI is InChI=1S/C15H16N2O2/c1-10-6-11(8-17-5-4-16-9-17)2-3-12(10)13-7-14(13)15(18)19/h2-6,9,13-14H,7-8H2,1H3,(H,18,19)/t13-,14+/m1/s1. The Kier molecular flexibility index (Phi) is 2.85. The first-order chi connectivity index (χ1) is 9.15. The number of carbonyl (C=O) groups is 1. The number of aliphatic carboxylic acids is 1. The van der Waals surface area contributed by atoms with Crippen LogP contribution in [0.1, 0.15) is 29.0 Å². The highest BCUT2D eigenvalue weighted by Gasteiger charge is 2.44. The number of hydrogen-bond acceptors (Lipinski definition) is 2. The largest absolute Gasteiger partial charge is 0.481 e. The summed E-state index contributed by atoms with van der Waals surface area (Å²) in [6, 6.07) is 6.31. The van der Waals surface area contributed by atoms with Crippen molar-refractivity contribution >= 4 is 5.97 Å². The Labute approximate surface area is 111 Å². The molecule has 1 aliphatic rings. The number of carboxylic acid groups (broad SMARTS) is 1. The topological polar surface area (TPSA) is 55.1 Å². The van der Waals surface area contributed by atoms with Gasteiger partial charge in [0.15, 0.2) is 0 Å². The number of imidazole rings is 1. The molecule has 0 radical (unpaired) electrons. The zero-order valence-electron chi connectivity index (χ0n) is 10.8. The highest BCUT2D eigenvalue weighted by atomic mass is 16.4. The summed E-state index contributed by atoms with van der Waals surface area (Å²) in [4.78, 5) is 14.9. The summed E-state index contributed by atoms with van der Waals surface area (Å²) in [5, 5.41) is 8.99. The van der Waals surface area contributed by atoms with Gasteiger partial charge in [-0.1, -0.05) is 18.2 Å². The maximum absolute atomic E-state index is 10.9. The minimum atomic E-state index is -0.674. The fourth-order valence-electron chi connectivity index (χ4n) is 2.65. The average molecular weight is 256 g/mol. The molecule has 0 saturated heterocycles. The van der Waals surface area contributed by atoms with E-state index in [4.69, 9.17) is 5.11 Å². The molecule has 4 nitrogen and oxygen atoms in total. The molecule has 1 aromatic carbocycles. The van der Waals surface area contributed by atoms with E-state index in [0.717, 1.165) is 13.0 Å². The molecule has 0 spiro atoms. The Balaban J connectivity index is 1.77. The van der Waals surface area contributed by atoms with Gasteiger partial charge in [-0.05, 0) is 36.0 Å². The fourth-order valence-corrected chi connectivity index (χ4v) is 2.65. The molecule has 4 heteroatoms. The van der Waals surface area contributed by atoms with E-state index in [1.807, 2.05) is 10.8 Å². The lowest BCUT2D eigenvalue weighted by Gasteiger charge is -2.08. The molecular formula is C15H16N2O2. The zero-order chi connectivity index (χ0) is 13.4. The quantitative estimate of drug-likeness (QED) is 0.914. The van der Waals surface area contributed by atoms with Crippen molar-refractivity contribution in [1.29, 1.82) is 0 Å². The molecule has 3 rings (SSSR count). The van der Waals surface area contributed by atoms with Gasteiger partial charge in [0.1, 0.15) is 0 Å². The lowest BCUT2D eigenvalue weighted by Crippen LogP contribution is -2.01. The van der Waals surface area contributed by atoms with Gasteiger partial charge in [0.05, 0.1) is 12.2 Å². The molecule has 2 aromatic rings. The summed E-state index contributed by atoms with van der Waals surface area (Å²) >= 11 is 0. The van der Waals surface area contributed by atoms with Crippen molar-refractivity contribution in [3.8, 4) is 0 Å². The summed E-state index contributed by atoms with van der Waals surface area (Å²) in [6.45, 7) is 2.86. The molecule has 1 fully saturated rings. The van der Waals surface area contributed by atoms with E-state index >= 15 is 0 Å². The zero-order valence-corrected chi connectivity index (χ0v) is 10.8. The predicted octanol–water partition coefficient (Wildman–Crippen LogP) is 2.43. The van der Waals surface area contributed by atoms with E-state index < -0.39 is 5.97 Å². The minimum Gasteiger partial charge on any atom is -0.481 e. The average Bonchev–Trinajstić information content (AvgIpc) is 3.00. The van der Waals surface area contributed by atoms with Gasteiger partial charge in [0.2, 0.25) is 0 Å². The van der Waals surface area contributed by atoms with Crippen LogP contribution < -0.4 is 0 Å². The van der Waals surface area contributed by atoms with Crippen molar-refractivity contribution in [1.82, 2.24) is 9.55 Å². The van der Waals surface area contributed by atoms with Crippen LogP contribution in [0.3, 0.4) is 0 Å². The molecule has 2 atom stereocenters. The van der Waals surface area contributed by atoms with Crippen LogP contribution in [0.25, 0.3) is 0 Å². The van der Waals surface area contributed by atoms with Gasteiger partial charge in [-0.25, -0.2) is 4.98 Å².